The molecule has 0 spiro atoms. The van der Waals surface area contributed by atoms with Crippen LogP contribution in [-0.2, 0) is 9.53 Å². The molecule has 0 fully saturated rings. The van der Waals surface area contributed by atoms with E-state index in [0.29, 0.717) is 6.61 Å². The molecule has 0 rings (SSSR count). The van der Waals surface area contributed by atoms with Crippen molar-refractivity contribution in [1.82, 2.24) is 0 Å². The number of carbonyl (C=O) groups is 1. The van der Waals surface area contributed by atoms with Gasteiger partial charge in [-0.3, -0.25) is 4.79 Å². The minimum atomic E-state index is -0.494. The largest absolute Gasteiger partial charge is 0.465 e. The summed E-state index contributed by atoms with van der Waals surface area (Å²) in [4.78, 5) is 11.2. The second kappa shape index (κ2) is 18.8. The molecule has 0 aliphatic rings. The number of hydrogen-bond donors (Lipinski definition) is 1. The Hall–Kier alpha value is -0.570. The average molecular weight is 342 g/mol. The predicted molar refractivity (Wildman–Crippen MR) is 104 cm³/mol. The second-order valence-electron chi connectivity index (χ2n) is 7.26. The van der Waals surface area contributed by atoms with Gasteiger partial charge < -0.3 is 10.5 Å². The molecule has 0 bridgehead atoms. The average Bonchev–Trinajstić information content (AvgIpc) is 2.57. The highest BCUT2D eigenvalue weighted by molar-refractivity contribution is 5.74. The summed E-state index contributed by atoms with van der Waals surface area (Å²) < 4.78 is 5.06. The Labute approximate surface area is 151 Å². The Morgan fingerprint density at radius 3 is 1.38 bits per heavy atom. The first-order valence-electron chi connectivity index (χ1n) is 10.6. The van der Waals surface area contributed by atoms with Gasteiger partial charge in [0.25, 0.3) is 0 Å². The number of unbranched alkanes of at least 4 members (excludes halogenated alkanes) is 15. The molecule has 0 aliphatic heterocycles. The molecule has 24 heavy (non-hydrogen) atoms. The molecular formula is C21H43NO2. The summed E-state index contributed by atoms with van der Waals surface area (Å²) in [6, 6.07) is -0.494. The number of rotatable bonds is 18. The maximum Gasteiger partial charge on any atom is 0.322 e. The van der Waals surface area contributed by atoms with Gasteiger partial charge in [0.15, 0.2) is 0 Å². The third-order valence-electron chi connectivity index (χ3n) is 4.61. The molecule has 0 unspecified atom stereocenters. The minimum Gasteiger partial charge on any atom is -0.465 e. The number of esters is 1. The van der Waals surface area contributed by atoms with Crippen LogP contribution in [-0.4, -0.2) is 18.6 Å². The maximum absolute atomic E-state index is 11.2. The van der Waals surface area contributed by atoms with Gasteiger partial charge >= 0.3 is 5.97 Å². The van der Waals surface area contributed by atoms with Crippen LogP contribution in [0.2, 0.25) is 0 Å². The zero-order valence-corrected chi connectivity index (χ0v) is 16.5. The van der Waals surface area contributed by atoms with Gasteiger partial charge in [-0.05, 0) is 13.3 Å². The summed E-state index contributed by atoms with van der Waals surface area (Å²) in [5.41, 5.74) is 5.43. The first-order valence-corrected chi connectivity index (χ1v) is 10.6. The molecule has 3 heteroatoms. The topological polar surface area (TPSA) is 52.3 Å². The van der Waals surface area contributed by atoms with Crippen molar-refractivity contribution in [2.24, 2.45) is 5.73 Å². The van der Waals surface area contributed by atoms with E-state index in [9.17, 15) is 4.79 Å². The van der Waals surface area contributed by atoms with Crippen LogP contribution >= 0.6 is 0 Å². The van der Waals surface area contributed by atoms with Crippen molar-refractivity contribution in [3.05, 3.63) is 0 Å². The lowest BCUT2D eigenvalue weighted by molar-refractivity contribution is -0.144. The lowest BCUT2D eigenvalue weighted by Crippen LogP contribution is -2.28. The quantitative estimate of drug-likeness (QED) is 0.241. The van der Waals surface area contributed by atoms with Crippen molar-refractivity contribution in [3.63, 3.8) is 0 Å². The number of carbonyl (C=O) groups excluding carboxylic acids is 1. The number of hydrogen-bond acceptors (Lipinski definition) is 3. The molecule has 0 aliphatic carbocycles. The molecule has 0 saturated carbocycles. The minimum absolute atomic E-state index is 0.282. The Kier molecular flexibility index (Phi) is 18.3. The van der Waals surface area contributed by atoms with Crippen molar-refractivity contribution >= 4 is 5.97 Å². The molecule has 0 aromatic heterocycles. The summed E-state index contributed by atoms with van der Waals surface area (Å²) >= 11 is 0. The third-order valence-corrected chi connectivity index (χ3v) is 4.61. The van der Waals surface area contributed by atoms with E-state index in [2.05, 4.69) is 6.92 Å². The molecule has 2 N–H and O–H groups in total. The lowest BCUT2D eigenvalue weighted by atomic mass is 10.0. The third kappa shape index (κ3) is 17.8. The van der Waals surface area contributed by atoms with Crippen molar-refractivity contribution in [2.45, 2.75) is 123 Å². The SMILES string of the molecule is CCCCCCCCCCCCCCCCCCOC(=O)[C@H](C)N. The predicted octanol–water partition coefficient (Wildman–Crippen LogP) is 6.14. The Balaban J connectivity index is 3.04. The standard InChI is InChI=1S/C21H43NO2/c1-3-4-5-6-7-8-9-10-11-12-13-14-15-16-17-18-19-24-21(23)20(2)22/h20H,3-19,22H2,1-2H3/t20-/m0/s1. The maximum atomic E-state index is 11.2. The monoisotopic (exact) mass is 341 g/mol. The van der Waals surface area contributed by atoms with Gasteiger partial charge in [-0.1, -0.05) is 103 Å². The van der Waals surface area contributed by atoms with Gasteiger partial charge in [0.2, 0.25) is 0 Å². The van der Waals surface area contributed by atoms with Crippen LogP contribution in [0, 0.1) is 0 Å². The van der Waals surface area contributed by atoms with Gasteiger partial charge in [-0.25, -0.2) is 0 Å². The van der Waals surface area contributed by atoms with Crippen molar-refractivity contribution in [3.8, 4) is 0 Å². The Bertz CT molecular complexity index is 267. The fraction of sp³-hybridized carbons (Fsp3) is 0.952. The van der Waals surface area contributed by atoms with Crippen LogP contribution in [0.3, 0.4) is 0 Å². The van der Waals surface area contributed by atoms with Gasteiger partial charge in [-0.15, -0.1) is 0 Å². The van der Waals surface area contributed by atoms with E-state index in [1.165, 1.54) is 89.9 Å². The molecule has 0 aromatic carbocycles. The van der Waals surface area contributed by atoms with Crippen LogP contribution in [0.25, 0.3) is 0 Å². The van der Waals surface area contributed by atoms with Crippen LogP contribution < -0.4 is 5.73 Å². The Morgan fingerprint density at radius 1 is 0.708 bits per heavy atom. The lowest BCUT2D eigenvalue weighted by Gasteiger charge is -2.07. The van der Waals surface area contributed by atoms with E-state index in [-0.39, 0.29) is 5.97 Å². The van der Waals surface area contributed by atoms with Crippen LogP contribution in [0.15, 0.2) is 0 Å². The summed E-state index contributed by atoms with van der Waals surface area (Å²) in [6.07, 6.45) is 21.7. The smallest absolute Gasteiger partial charge is 0.322 e. The van der Waals surface area contributed by atoms with Crippen molar-refractivity contribution in [2.75, 3.05) is 6.61 Å². The molecule has 144 valence electrons. The van der Waals surface area contributed by atoms with Crippen LogP contribution in [0.4, 0.5) is 0 Å². The van der Waals surface area contributed by atoms with Gasteiger partial charge in [-0.2, -0.15) is 0 Å². The van der Waals surface area contributed by atoms with Gasteiger partial charge in [0, 0.05) is 0 Å². The molecule has 0 saturated heterocycles. The molecule has 1 atom stereocenters. The highest BCUT2D eigenvalue weighted by atomic mass is 16.5. The highest BCUT2D eigenvalue weighted by Gasteiger charge is 2.07. The van der Waals surface area contributed by atoms with E-state index in [4.69, 9.17) is 10.5 Å². The molecule has 0 amide bonds. The summed E-state index contributed by atoms with van der Waals surface area (Å²) in [6.45, 7) is 4.47. The first-order chi connectivity index (χ1) is 11.7. The molecule has 0 heterocycles. The zero-order chi connectivity index (χ0) is 17.9. The summed E-state index contributed by atoms with van der Waals surface area (Å²) in [7, 11) is 0. The molecule has 3 nitrogen and oxygen atoms in total. The van der Waals surface area contributed by atoms with Crippen molar-refractivity contribution < 1.29 is 9.53 Å². The second-order valence-corrected chi connectivity index (χ2v) is 7.26. The van der Waals surface area contributed by atoms with E-state index in [1.54, 1.807) is 6.92 Å². The van der Waals surface area contributed by atoms with Gasteiger partial charge in [0.1, 0.15) is 6.04 Å². The summed E-state index contributed by atoms with van der Waals surface area (Å²) in [5.74, 6) is -0.282. The van der Waals surface area contributed by atoms with Gasteiger partial charge in [0.05, 0.1) is 6.61 Å². The van der Waals surface area contributed by atoms with E-state index in [0.717, 1.165) is 12.8 Å². The van der Waals surface area contributed by atoms with E-state index < -0.39 is 6.04 Å². The van der Waals surface area contributed by atoms with Crippen molar-refractivity contribution in [1.29, 1.82) is 0 Å². The fourth-order valence-corrected chi connectivity index (χ4v) is 2.95. The number of ether oxygens (including phenoxy) is 1. The zero-order valence-electron chi connectivity index (χ0n) is 16.5. The highest BCUT2D eigenvalue weighted by Crippen LogP contribution is 2.13. The fourth-order valence-electron chi connectivity index (χ4n) is 2.95. The van der Waals surface area contributed by atoms with E-state index in [1.807, 2.05) is 0 Å². The number of nitrogens with two attached hydrogens (primary N) is 1. The molecule has 0 radical (unpaired) electrons. The van der Waals surface area contributed by atoms with Crippen LogP contribution in [0.5, 0.6) is 0 Å². The normalized spacial score (nSPS) is 12.3. The molecular weight excluding hydrogens is 298 g/mol. The van der Waals surface area contributed by atoms with Crippen LogP contribution in [0.1, 0.15) is 117 Å². The molecule has 0 aromatic rings. The Morgan fingerprint density at radius 2 is 1.04 bits per heavy atom. The summed E-state index contributed by atoms with van der Waals surface area (Å²) in [5, 5.41) is 0. The first kappa shape index (κ1) is 23.4. The van der Waals surface area contributed by atoms with E-state index >= 15 is 0 Å².